The SMILES string of the molecule is C=CCS(=O)(=O)N(C)CCCCN(C)C. The summed E-state index contributed by atoms with van der Waals surface area (Å²) in [6, 6.07) is 0. The second-order valence-electron chi connectivity index (χ2n) is 3.90. The maximum absolute atomic E-state index is 11.5. The molecule has 15 heavy (non-hydrogen) atoms. The zero-order valence-electron chi connectivity index (χ0n) is 9.94. The van der Waals surface area contributed by atoms with E-state index in [1.54, 1.807) is 7.05 Å². The van der Waals surface area contributed by atoms with E-state index in [-0.39, 0.29) is 5.75 Å². The summed E-state index contributed by atoms with van der Waals surface area (Å²) in [4.78, 5) is 2.10. The molecule has 0 saturated carbocycles. The lowest BCUT2D eigenvalue weighted by atomic mass is 10.3. The minimum absolute atomic E-state index is 0.0250. The third kappa shape index (κ3) is 6.65. The van der Waals surface area contributed by atoms with Gasteiger partial charge in [-0.1, -0.05) is 6.08 Å². The zero-order valence-corrected chi connectivity index (χ0v) is 10.8. The second-order valence-corrected chi connectivity index (χ2v) is 6.02. The Morgan fingerprint density at radius 2 is 1.67 bits per heavy atom. The third-order valence-corrected chi connectivity index (χ3v) is 3.92. The van der Waals surface area contributed by atoms with Gasteiger partial charge in [-0.2, -0.15) is 0 Å². The van der Waals surface area contributed by atoms with Gasteiger partial charge in [-0.05, 0) is 33.5 Å². The Balaban J connectivity index is 3.83. The van der Waals surface area contributed by atoms with Crippen LogP contribution in [0.25, 0.3) is 0 Å². The lowest BCUT2D eigenvalue weighted by Crippen LogP contribution is -2.30. The van der Waals surface area contributed by atoms with Crippen molar-refractivity contribution in [1.29, 1.82) is 0 Å². The summed E-state index contributed by atoms with van der Waals surface area (Å²) >= 11 is 0. The van der Waals surface area contributed by atoms with E-state index in [1.807, 2.05) is 14.1 Å². The van der Waals surface area contributed by atoms with Crippen LogP contribution in [0.2, 0.25) is 0 Å². The molecule has 0 saturated heterocycles. The smallest absolute Gasteiger partial charge is 0.217 e. The monoisotopic (exact) mass is 234 g/mol. The van der Waals surface area contributed by atoms with E-state index in [4.69, 9.17) is 0 Å². The van der Waals surface area contributed by atoms with Crippen molar-refractivity contribution >= 4 is 10.0 Å². The summed E-state index contributed by atoms with van der Waals surface area (Å²) in [6.45, 7) is 5.02. The minimum Gasteiger partial charge on any atom is -0.309 e. The Morgan fingerprint density at radius 1 is 1.13 bits per heavy atom. The van der Waals surface area contributed by atoms with Crippen LogP contribution in [0.5, 0.6) is 0 Å². The number of nitrogens with zero attached hydrogens (tertiary/aromatic N) is 2. The molecule has 0 heterocycles. The number of rotatable bonds is 8. The average Bonchev–Trinajstić information content (AvgIpc) is 2.11. The maximum atomic E-state index is 11.5. The molecule has 90 valence electrons. The first-order valence-corrected chi connectivity index (χ1v) is 6.70. The molecule has 0 aromatic heterocycles. The predicted molar refractivity (Wildman–Crippen MR) is 64.4 cm³/mol. The lowest BCUT2D eigenvalue weighted by molar-refractivity contribution is 0.378. The van der Waals surface area contributed by atoms with Crippen LogP contribution in [0, 0.1) is 0 Å². The highest BCUT2D eigenvalue weighted by atomic mass is 32.2. The van der Waals surface area contributed by atoms with Crippen molar-refractivity contribution in [3.05, 3.63) is 12.7 Å². The first-order chi connectivity index (χ1) is 6.90. The third-order valence-electron chi connectivity index (χ3n) is 2.13. The van der Waals surface area contributed by atoms with Crippen LogP contribution in [0.3, 0.4) is 0 Å². The van der Waals surface area contributed by atoms with Crippen molar-refractivity contribution in [1.82, 2.24) is 9.21 Å². The number of hydrogen-bond acceptors (Lipinski definition) is 3. The molecule has 4 nitrogen and oxygen atoms in total. The first kappa shape index (κ1) is 14.6. The van der Waals surface area contributed by atoms with E-state index in [2.05, 4.69) is 11.5 Å². The van der Waals surface area contributed by atoms with E-state index >= 15 is 0 Å². The molecule has 0 radical (unpaired) electrons. The molecule has 0 spiro atoms. The molecule has 0 unspecified atom stereocenters. The van der Waals surface area contributed by atoms with Gasteiger partial charge in [0.1, 0.15) is 0 Å². The van der Waals surface area contributed by atoms with Crippen molar-refractivity contribution < 1.29 is 8.42 Å². The molecule has 5 heteroatoms. The van der Waals surface area contributed by atoms with Gasteiger partial charge >= 0.3 is 0 Å². The maximum Gasteiger partial charge on any atom is 0.217 e. The number of hydrogen-bond donors (Lipinski definition) is 0. The number of unbranched alkanes of at least 4 members (excludes halogenated alkanes) is 1. The molecule has 0 amide bonds. The largest absolute Gasteiger partial charge is 0.309 e. The molecule has 0 aliphatic carbocycles. The molecular weight excluding hydrogens is 212 g/mol. The molecule has 0 atom stereocenters. The van der Waals surface area contributed by atoms with Crippen LogP contribution in [-0.4, -0.2) is 57.6 Å². The molecule has 0 fully saturated rings. The summed E-state index contributed by atoms with van der Waals surface area (Å²) in [7, 11) is 2.53. The van der Waals surface area contributed by atoms with Crippen LogP contribution >= 0.6 is 0 Å². The van der Waals surface area contributed by atoms with Crippen LogP contribution in [-0.2, 0) is 10.0 Å². The van der Waals surface area contributed by atoms with Crippen molar-refractivity contribution in [3.63, 3.8) is 0 Å². The van der Waals surface area contributed by atoms with Gasteiger partial charge < -0.3 is 4.90 Å². The fourth-order valence-electron chi connectivity index (χ4n) is 1.18. The lowest BCUT2D eigenvalue weighted by Gasteiger charge is -2.16. The minimum atomic E-state index is -3.11. The highest BCUT2D eigenvalue weighted by Crippen LogP contribution is 2.01. The summed E-state index contributed by atoms with van der Waals surface area (Å²) in [5, 5.41) is 0. The zero-order chi connectivity index (χ0) is 11.9. The Hall–Kier alpha value is -0.390. The van der Waals surface area contributed by atoms with Gasteiger partial charge in [-0.25, -0.2) is 12.7 Å². The fourth-order valence-corrected chi connectivity index (χ4v) is 2.14. The van der Waals surface area contributed by atoms with Crippen LogP contribution in [0.4, 0.5) is 0 Å². The van der Waals surface area contributed by atoms with Gasteiger partial charge in [-0.15, -0.1) is 6.58 Å². The summed E-state index contributed by atoms with van der Waals surface area (Å²) in [5.41, 5.74) is 0. The topological polar surface area (TPSA) is 40.6 Å². The van der Waals surface area contributed by atoms with Crippen LogP contribution in [0.15, 0.2) is 12.7 Å². The van der Waals surface area contributed by atoms with Gasteiger partial charge in [0.25, 0.3) is 0 Å². The van der Waals surface area contributed by atoms with Crippen molar-refractivity contribution in [2.75, 3.05) is 40.0 Å². The van der Waals surface area contributed by atoms with Gasteiger partial charge in [0, 0.05) is 13.6 Å². The van der Waals surface area contributed by atoms with E-state index in [0.717, 1.165) is 19.4 Å². The molecule has 0 aromatic rings. The van der Waals surface area contributed by atoms with Gasteiger partial charge in [0.15, 0.2) is 0 Å². The first-order valence-electron chi connectivity index (χ1n) is 5.10. The van der Waals surface area contributed by atoms with E-state index < -0.39 is 10.0 Å². The molecular formula is C10H22N2O2S. The van der Waals surface area contributed by atoms with E-state index in [1.165, 1.54) is 10.4 Å². The Morgan fingerprint density at radius 3 is 2.13 bits per heavy atom. The fraction of sp³-hybridized carbons (Fsp3) is 0.800. The highest BCUT2D eigenvalue weighted by Gasteiger charge is 2.14. The molecule has 0 bridgehead atoms. The van der Waals surface area contributed by atoms with Crippen molar-refractivity contribution in [2.45, 2.75) is 12.8 Å². The molecule has 0 aliphatic rings. The molecule has 0 aromatic carbocycles. The van der Waals surface area contributed by atoms with E-state index in [0.29, 0.717) is 6.54 Å². The summed E-state index contributed by atoms with van der Waals surface area (Å²) in [6.07, 6.45) is 3.33. The van der Waals surface area contributed by atoms with E-state index in [9.17, 15) is 8.42 Å². The van der Waals surface area contributed by atoms with Gasteiger partial charge in [0.2, 0.25) is 10.0 Å². The quantitative estimate of drug-likeness (QED) is 0.460. The second kappa shape index (κ2) is 6.98. The molecule has 0 N–H and O–H groups in total. The standard InChI is InChI=1S/C10H22N2O2S/c1-5-10-15(13,14)12(4)9-7-6-8-11(2)3/h5H,1,6-10H2,2-4H3. The number of sulfonamides is 1. The van der Waals surface area contributed by atoms with Crippen molar-refractivity contribution in [2.24, 2.45) is 0 Å². The van der Waals surface area contributed by atoms with Crippen molar-refractivity contribution in [3.8, 4) is 0 Å². The predicted octanol–water partition coefficient (Wildman–Crippen LogP) is 0.776. The van der Waals surface area contributed by atoms with Gasteiger partial charge in [0.05, 0.1) is 5.75 Å². The van der Waals surface area contributed by atoms with Gasteiger partial charge in [-0.3, -0.25) is 0 Å². The van der Waals surface area contributed by atoms with Crippen LogP contribution in [0.1, 0.15) is 12.8 Å². The molecule has 0 rings (SSSR count). The van der Waals surface area contributed by atoms with Crippen LogP contribution < -0.4 is 0 Å². The molecule has 0 aliphatic heterocycles. The Labute approximate surface area is 93.6 Å². The normalized spacial score (nSPS) is 12.3. The average molecular weight is 234 g/mol. The Bertz CT molecular complexity index is 273. The summed E-state index contributed by atoms with van der Waals surface area (Å²) in [5.74, 6) is 0.0250. The Kier molecular flexibility index (Phi) is 6.80. The highest BCUT2D eigenvalue weighted by molar-refractivity contribution is 7.89. The summed E-state index contributed by atoms with van der Waals surface area (Å²) < 4.78 is 24.4.